The zero-order chi connectivity index (χ0) is 6.53. The van der Waals surface area contributed by atoms with Gasteiger partial charge in [-0.1, -0.05) is 30.4 Å². The molecule has 0 fully saturated rings. The largest absolute Gasteiger partial charge is 0.392 e. The Morgan fingerprint density at radius 3 is 3.00 bits per heavy atom. The first-order valence-corrected chi connectivity index (χ1v) is 3.05. The van der Waals surface area contributed by atoms with Crippen molar-refractivity contribution < 1.29 is 5.11 Å². The predicted molar refractivity (Wildman–Crippen MR) is 38.1 cm³/mol. The fourth-order valence-corrected chi connectivity index (χ4v) is 0.739. The lowest BCUT2D eigenvalue weighted by atomic mass is 10.2. The van der Waals surface area contributed by atoms with Crippen LogP contribution in [0, 0.1) is 0 Å². The molecule has 0 unspecified atom stereocenters. The SMILES string of the molecule is OCC1=CC=CC=CC1. The van der Waals surface area contributed by atoms with E-state index in [0.29, 0.717) is 0 Å². The lowest BCUT2D eigenvalue weighted by Crippen LogP contribution is -1.86. The van der Waals surface area contributed by atoms with Gasteiger partial charge in [0.15, 0.2) is 0 Å². The predicted octanol–water partition coefficient (Wildman–Crippen LogP) is 1.42. The molecule has 0 aromatic heterocycles. The summed E-state index contributed by atoms with van der Waals surface area (Å²) >= 11 is 0. The standard InChI is InChI=1S/C8H10O/c9-7-8-5-3-1-2-4-6-8/h1-5,9H,6-7H2. The van der Waals surface area contributed by atoms with Gasteiger partial charge in [-0.3, -0.25) is 0 Å². The summed E-state index contributed by atoms with van der Waals surface area (Å²) in [6.07, 6.45) is 10.7. The summed E-state index contributed by atoms with van der Waals surface area (Å²) in [4.78, 5) is 0. The highest BCUT2D eigenvalue weighted by Gasteiger charge is 1.90. The molecule has 9 heavy (non-hydrogen) atoms. The average molecular weight is 122 g/mol. The van der Waals surface area contributed by atoms with E-state index < -0.39 is 0 Å². The van der Waals surface area contributed by atoms with E-state index in [1.54, 1.807) is 0 Å². The van der Waals surface area contributed by atoms with Crippen LogP contribution >= 0.6 is 0 Å². The van der Waals surface area contributed by atoms with Crippen molar-refractivity contribution in [3.05, 3.63) is 36.0 Å². The molecular weight excluding hydrogens is 112 g/mol. The lowest BCUT2D eigenvalue weighted by molar-refractivity contribution is 0.329. The van der Waals surface area contributed by atoms with Crippen LogP contribution in [0.5, 0.6) is 0 Å². The molecule has 0 saturated heterocycles. The number of rotatable bonds is 1. The molecule has 1 nitrogen and oxygen atoms in total. The zero-order valence-corrected chi connectivity index (χ0v) is 5.25. The number of allylic oxidation sites excluding steroid dienone is 5. The summed E-state index contributed by atoms with van der Waals surface area (Å²) in [6.45, 7) is 0.175. The Balaban J connectivity index is 2.62. The maximum absolute atomic E-state index is 8.68. The van der Waals surface area contributed by atoms with E-state index in [4.69, 9.17) is 5.11 Å². The molecular formula is C8H10O. The van der Waals surface area contributed by atoms with Gasteiger partial charge in [0, 0.05) is 0 Å². The van der Waals surface area contributed by atoms with Gasteiger partial charge in [0.1, 0.15) is 0 Å². The second kappa shape index (κ2) is 3.25. The van der Waals surface area contributed by atoms with E-state index in [2.05, 4.69) is 0 Å². The summed E-state index contributed by atoms with van der Waals surface area (Å²) in [5, 5.41) is 8.68. The molecule has 0 aromatic carbocycles. The molecule has 1 rings (SSSR count). The molecule has 1 N–H and O–H groups in total. The summed E-state index contributed by atoms with van der Waals surface area (Å²) in [7, 11) is 0. The summed E-state index contributed by atoms with van der Waals surface area (Å²) in [5.41, 5.74) is 1.07. The van der Waals surface area contributed by atoms with Crippen LogP contribution in [0.4, 0.5) is 0 Å². The highest BCUT2D eigenvalue weighted by atomic mass is 16.3. The van der Waals surface area contributed by atoms with Crippen molar-refractivity contribution in [1.82, 2.24) is 0 Å². The third-order valence-electron chi connectivity index (χ3n) is 1.27. The van der Waals surface area contributed by atoms with E-state index in [1.807, 2.05) is 30.4 Å². The summed E-state index contributed by atoms with van der Waals surface area (Å²) < 4.78 is 0. The van der Waals surface area contributed by atoms with Gasteiger partial charge < -0.3 is 5.11 Å². The van der Waals surface area contributed by atoms with Gasteiger partial charge in [0.05, 0.1) is 6.61 Å². The Morgan fingerprint density at radius 1 is 1.33 bits per heavy atom. The third kappa shape index (κ3) is 1.86. The van der Waals surface area contributed by atoms with Crippen LogP contribution in [0.15, 0.2) is 36.0 Å². The van der Waals surface area contributed by atoms with E-state index >= 15 is 0 Å². The first-order chi connectivity index (χ1) is 4.43. The summed E-state index contributed by atoms with van der Waals surface area (Å²) in [6, 6.07) is 0. The normalized spacial score (nSPS) is 17.2. The van der Waals surface area contributed by atoms with Crippen molar-refractivity contribution in [2.75, 3.05) is 6.61 Å². The highest BCUT2D eigenvalue weighted by Crippen LogP contribution is 2.04. The Morgan fingerprint density at radius 2 is 2.22 bits per heavy atom. The maximum Gasteiger partial charge on any atom is 0.0647 e. The molecule has 0 saturated carbocycles. The molecule has 0 aliphatic heterocycles. The Hall–Kier alpha value is -0.820. The van der Waals surface area contributed by atoms with Crippen molar-refractivity contribution in [1.29, 1.82) is 0 Å². The van der Waals surface area contributed by atoms with E-state index in [9.17, 15) is 0 Å². The molecule has 1 aliphatic rings. The Labute approximate surface area is 55.0 Å². The molecule has 0 atom stereocenters. The fraction of sp³-hybridized carbons (Fsp3) is 0.250. The van der Waals surface area contributed by atoms with E-state index in [1.165, 1.54) is 0 Å². The van der Waals surface area contributed by atoms with Crippen LogP contribution in [0.1, 0.15) is 6.42 Å². The topological polar surface area (TPSA) is 20.2 Å². The minimum absolute atomic E-state index is 0.175. The third-order valence-corrected chi connectivity index (χ3v) is 1.27. The van der Waals surface area contributed by atoms with Gasteiger partial charge in [0.25, 0.3) is 0 Å². The van der Waals surface area contributed by atoms with Crippen LogP contribution < -0.4 is 0 Å². The van der Waals surface area contributed by atoms with E-state index in [0.717, 1.165) is 12.0 Å². The van der Waals surface area contributed by atoms with Crippen LogP contribution in [0.25, 0.3) is 0 Å². The molecule has 0 spiro atoms. The quantitative estimate of drug-likeness (QED) is 0.557. The van der Waals surface area contributed by atoms with Crippen LogP contribution in [0.2, 0.25) is 0 Å². The monoisotopic (exact) mass is 122 g/mol. The van der Waals surface area contributed by atoms with Crippen molar-refractivity contribution in [2.24, 2.45) is 0 Å². The van der Waals surface area contributed by atoms with Crippen LogP contribution in [-0.4, -0.2) is 11.7 Å². The van der Waals surface area contributed by atoms with Crippen LogP contribution in [-0.2, 0) is 0 Å². The first kappa shape index (κ1) is 6.30. The number of aliphatic hydroxyl groups excluding tert-OH is 1. The first-order valence-electron chi connectivity index (χ1n) is 3.05. The van der Waals surface area contributed by atoms with Gasteiger partial charge in [-0.15, -0.1) is 0 Å². The van der Waals surface area contributed by atoms with Gasteiger partial charge >= 0.3 is 0 Å². The van der Waals surface area contributed by atoms with Gasteiger partial charge in [-0.2, -0.15) is 0 Å². The smallest absolute Gasteiger partial charge is 0.0647 e. The molecule has 0 bridgehead atoms. The molecule has 0 radical (unpaired) electrons. The molecule has 48 valence electrons. The molecule has 0 amide bonds. The van der Waals surface area contributed by atoms with Gasteiger partial charge in [-0.05, 0) is 12.0 Å². The number of aliphatic hydroxyl groups is 1. The molecule has 1 heteroatoms. The maximum atomic E-state index is 8.68. The average Bonchev–Trinajstić information content (AvgIpc) is 2.13. The number of hydrogen-bond donors (Lipinski definition) is 1. The van der Waals surface area contributed by atoms with Crippen LogP contribution in [0.3, 0.4) is 0 Å². The summed E-state index contributed by atoms with van der Waals surface area (Å²) in [5.74, 6) is 0. The van der Waals surface area contributed by atoms with Crippen molar-refractivity contribution in [3.8, 4) is 0 Å². The Bertz CT molecular complexity index is 163. The molecule has 0 aromatic rings. The van der Waals surface area contributed by atoms with Crippen molar-refractivity contribution in [2.45, 2.75) is 6.42 Å². The van der Waals surface area contributed by atoms with Crippen molar-refractivity contribution in [3.63, 3.8) is 0 Å². The molecule has 1 aliphatic carbocycles. The second-order valence-electron chi connectivity index (χ2n) is 2.00. The number of hydrogen-bond acceptors (Lipinski definition) is 1. The fourth-order valence-electron chi connectivity index (χ4n) is 0.739. The van der Waals surface area contributed by atoms with Gasteiger partial charge in [0.2, 0.25) is 0 Å². The molecule has 0 heterocycles. The van der Waals surface area contributed by atoms with Gasteiger partial charge in [-0.25, -0.2) is 0 Å². The second-order valence-corrected chi connectivity index (χ2v) is 2.00. The minimum atomic E-state index is 0.175. The minimum Gasteiger partial charge on any atom is -0.392 e. The van der Waals surface area contributed by atoms with E-state index in [-0.39, 0.29) is 6.61 Å². The van der Waals surface area contributed by atoms with Crippen molar-refractivity contribution >= 4 is 0 Å². The highest BCUT2D eigenvalue weighted by molar-refractivity contribution is 5.23. The zero-order valence-electron chi connectivity index (χ0n) is 5.25. The Kier molecular flexibility index (Phi) is 2.28. The lowest BCUT2D eigenvalue weighted by Gasteiger charge is -1.93.